The molecule has 1 saturated carbocycles. The minimum atomic E-state index is -0.528. The second kappa shape index (κ2) is 10.8. The summed E-state index contributed by atoms with van der Waals surface area (Å²) >= 11 is 0. The van der Waals surface area contributed by atoms with E-state index in [1.165, 1.54) is 0 Å². The van der Waals surface area contributed by atoms with Gasteiger partial charge in [0.1, 0.15) is 11.8 Å². The van der Waals surface area contributed by atoms with E-state index in [-0.39, 0.29) is 17.9 Å². The summed E-state index contributed by atoms with van der Waals surface area (Å²) in [5.41, 5.74) is 2.07. The molecule has 1 N–H and O–H groups in total. The fourth-order valence-electron chi connectivity index (χ4n) is 3.98. The van der Waals surface area contributed by atoms with Crippen LogP contribution in [0.5, 0.6) is 5.75 Å². The summed E-state index contributed by atoms with van der Waals surface area (Å²) in [6.45, 7) is 2.20. The van der Waals surface area contributed by atoms with Gasteiger partial charge in [-0.15, -0.1) is 0 Å². The Labute approximate surface area is 179 Å². The fourth-order valence-corrected chi connectivity index (χ4v) is 3.98. The van der Waals surface area contributed by atoms with Gasteiger partial charge in [0.25, 0.3) is 0 Å². The SMILES string of the molecule is COc1cccc(CN(C(=O)CCc2ccccc2)[C@@H](C)C(=O)NC2CCCC2)c1. The van der Waals surface area contributed by atoms with Crippen LogP contribution in [0.25, 0.3) is 0 Å². The summed E-state index contributed by atoms with van der Waals surface area (Å²) in [6, 6.07) is 17.3. The van der Waals surface area contributed by atoms with Gasteiger partial charge in [-0.2, -0.15) is 0 Å². The minimum Gasteiger partial charge on any atom is -0.497 e. The van der Waals surface area contributed by atoms with Crippen molar-refractivity contribution < 1.29 is 14.3 Å². The molecule has 1 aliphatic rings. The number of benzene rings is 2. The van der Waals surface area contributed by atoms with Crippen LogP contribution in [0.4, 0.5) is 0 Å². The molecule has 0 aromatic heterocycles. The molecule has 3 rings (SSSR count). The Hall–Kier alpha value is -2.82. The van der Waals surface area contributed by atoms with Gasteiger partial charge < -0.3 is 15.0 Å². The van der Waals surface area contributed by atoms with Crippen LogP contribution in [0.15, 0.2) is 54.6 Å². The molecule has 160 valence electrons. The minimum absolute atomic E-state index is 0.0178. The maximum absolute atomic E-state index is 13.2. The topological polar surface area (TPSA) is 58.6 Å². The van der Waals surface area contributed by atoms with Gasteiger partial charge >= 0.3 is 0 Å². The molecule has 2 amide bonds. The van der Waals surface area contributed by atoms with Crippen LogP contribution in [-0.2, 0) is 22.6 Å². The van der Waals surface area contributed by atoms with Crippen LogP contribution in [0.2, 0.25) is 0 Å². The van der Waals surface area contributed by atoms with Gasteiger partial charge in [0, 0.05) is 19.0 Å². The van der Waals surface area contributed by atoms with Crippen molar-refractivity contribution in [2.45, 2.75) is 64.1 Å². The van der Waals surface area contributed by atoms with E-state index in [2.05, 4.69) is 5.32 Å². The van der Waals surface area contributed by atoms with Crippen molar-refractivity contribution in [3.05, 3.63) is 65.7 Å². The smallest absolute Gasteiger partial charge is 0.242 e. The monoisotopic (exact) mass is 408 g/mol. The summed E-state index contributed by atoms with van der Waals surface area (Å²) in [6.07, 6.45) is 5.39. The molecule has 5 nitrogen and oxygen atoms in total. The summed E-state index contributed by atoms with van der Waals surface area (Å²) in [4.78, 5) is 27.8. The molecule has 2 aromatic rings. The normalized spacial score (nSPS) is 14.9. The molecule has 0 heterocycles. The van der Waals surface area contributed by atoms with E-state index < -0.39 is 6.04 Å². The second-order valence-corrected chi connectivity index (χ2v) is 8.02. The molecule has 1 fully saturated rings. The standard InChI is InChI=1S/C25H32N2O3/c1-19(25(29)26-22-12-6-7-13-22)27(18-21-11-8-14-23(17-21)30-2)24(28)16-15-20-9-4-3-5-10-20/h3-5,8-11,14,17,19,22H,6-7,12-13,15-16,18H2,1-2H3,(H,26,29)/t19-/m0/s1. The number of rotatable bonds is 9. The Kier molecular flexibility index (Phi) is 7.89. The number of methoxy groups -OCH3 is 1. The van der Waals surface area contributed by atoms with Crippen molar-refractivity contribution in [1.82, 2.24) is 10.2 Å². The number of amides is 2. The van der Waals surface area contributed by atoms with Crippen LogP contribution >= 0.6 is 0 Å². The fraction of sp³-hybridized carbons (Fsp3) is 0.440. The van der Waals surface area contributed by atoms with E-state index in [0.717, 1.165) is 42.6 Å². The zero-order valence-electron chi connectivity index (χ0n) is 18.0. The highest BCUT2D eigenvalue weighted by molar-refractivity contribution is 5.87. The average molecular weight is 409 g/mol. The molecule has 30 heavy (non-hydrogen) atoms. The lowest BCUT2D eigenvalue weighted by atomic mass is 10.1. The molecule has 0 saturated heterocycles. The predicted octanol–water partition coefficient (Wildman–Crippen LogP) is 4.10. The van der Waals surface area contributed by atoms with E-state index in [9.17, 15) is 9.59 Å². The summed E-state index contributed by atoms with van der Waals surface area (Å²) in [7, 11) is 1.62. The molecule has 0 spiro atoms. The highest BCUT2D eigenvalue weighted by Gasteiger charge is 2.28. The molecule has 0 unspecified atom stereocenters. The Morgan fingerprint density at radius 3 is 2.47 bits per heavy atom. The number of nitrogens with zero attached hydrogens (tertiary/aromatic N) is 1. The largest absolute Gasteiger partial charge is 0.497 e. The number of nitrogens with one attached hydrogen (secondary N) is 1. The van der Waals surface area contributed by atoms with Crippen molar-refractivity contribution in [1.29, 1.82) is 0 Å². The number of carbonyl (C=O) groups excluding carboxylic acids is 2. The third-order valence-corrected chi connectivity index (χ3v) is 5.83. The van der Waals surface area contributed by atoms with E-state index in [0.29, 0.717) is 19.4 Å². The van der Waals surface area contributed by atoms with Crippen molar-refractivity contribution in [2.24, 2.45) is 0 Å². The molecule has 0 aliphatic heterocycles. The molecule has 2 aromatic carbocycles. The van der Waals surface area contributed by atoms with Crippen molar-refractivity contribution >= 4 is 11.8 Å². The maximum atomic E-state index is 13.2. The van der Waals surface area contributed by atoms with Crippen LogP contribution in [0, 0.1) is 0 Å². The molecule has 1 atom stereocenters. The number of carbonyl (C=O) groups is 2. The molecule has 0 bridgehead atoms. The Bertz CT molecular complexity index is 831. The first kappa shape index (κ1) is 21.9. The average Bonchev–Trinajstić information content (AvgIpc) is 3.29. The summed E-state index contributed by atoms with van der Waals surface area (Å²) in [5, 5.41) is 3.14. The van der Waals surface area contributed by atoms with Crippen LogP contribution < -0.4 is 10.1 Å². The first-order valence-corrected chi connectivity index (χ1v) is 10.8. The Morgan fingerprint density at radius 1 is 1.07 bits per heavy atom. The zero-order chi connectivity index (χ0) is 21.3. The lowest BCUT2D eigenvalue weighted by molar-refractivity contribution is -0.140. The number of aryl methyl sites for hydroxylation is 1. The zero-order valence-corrected chi connectivity index (χ0v) is 18.0. The van der Waals surface area contributed by atoms with Crippen molar-refractivity contribution in [3.8, 4) is 5.75 Å². The first-order chi connectivity index (χ1) is 14.6. The predicted molar refractivity (Wildman–Crippen MR) is 118 cm³/mol. The summed E-state index contributed by atoms with van der Waals surface area (Å²) < 4.78 is 5.32. The first-order valence-electron chi connectivity index (χ1n) is 10.8. The van der Waals surface area contributed by atoms with E-state index in [1.54, 1.807) is 12.0 Å². The lowest BCUT2D eigenvalue weighted by Crippen LogP contribution is -2.49. The van der Waals surface area contributed by atoms with E-state index >= 15 is 0 Å². The molecule has 5 heteroatoms. The Morgan fingerprint density at radius 2 is 1.77 bits per heavy atom. The van der Waals surface area contributed by atoms with Gasteiger partial charge in [0.15, 0.2) is 0 Å². The van der Waals surface area contributed by atoms with Gasteiger partial charge in [0.05, 0.1) is 7.11 Å². The van der Waals surface area contributed by atoms with Gasteiger partial charge in [-0.05, 0) is 49.4 Å². The lowest BCUT2D eigenvalue weighted by Gasteiger charge is -2.30. The van der Waals surface area contributed by atoms with E-state index in [4.69, 9.17) is 4.74 Å². The van der Waals surface area contributed by atoms with Gasteiger partial charge in [-0.3, -0.25) is 9.59 Å². The highest BCUT2D eigenvalue weighted by Crippen LogP contribution is 2.20. The van der Waals surface area contributed by atoms with Gasteiger partial charge in [0.2, 0.25) is 11.8 Å². The summed E-state index contributed by atoms with van der Waals surface area (Å²) in [5.74, 6) is 0.654. The molecular formula is C25H32N2O3. The van der Waals surface area contributed by atoms with Crippen LogP contribution in [0.3, 0.4) is 0 Å². The number of hydrogen-bond donors (Lipinski definition) is 1. The van der Waals surface area contributed by atoms with E-state index in [1.807, 2.05) is 61.5 Å². The molecular weight excluding hydrogens is 376 g/mol. The second-order valence-electron chi connectivity index (χ2n) is 8.02. The third-order valence-electron chi connectivity index (χ3n) is 5.83. The van der Waals surface area contributed by atoms with Crippen molar-refractivity contribution in [3.63, 3.8) is 0 Å². The van der Waals surface area contributed by atoms with Gasteiger partial charge in [-0.1, -0.05) is 55.3 Å². The van der Waals surface area contributed by atoms with Crippen molar-refractivity contribution in [2.75, 3.05) is 7.11 Å². The van der Waals surface area contributed by atoms with Gasteiger partial charge in [-0.25, -0.2) is 0 Å². The number of hydrogen-bond acceptors (Lipinski definition) is 3. The third kappa shape index (κ3) is 6.09. The Balaban J connectivity index is 1.72. The molecule has 0 radical (unpaired) electrons. The quantitative estimate of drug-likeness (QED) is 0.679. The van der Waals surface area contributed by atoms with Crippen LogP contribution in [-0.4, -0.2) is 35.9 Å². The molecule has 1 aliphatic carbocycles. The maximum Gasteiger partial charge on any atom is 0.242 e. The van der Waals surface area contributed by atoms with Crippen LogP contribution in [0.1, 0.15) is 50.2 Å². The highest BCUT2D eigenvalue weighted by atomic mass is 16.5. The number of ether oxygens (including phenoxy) is 1.